The highest BCUT2D eigenvalue weighted by Crippen LogP contribution is 2.37. The van der Waals surface area contributed by atoms with Crippen LogP contribution in [0.25, 0.3) is 0 Å². The summed E-state index contributed by atoms with van der Waals surface area (Å²) in [5.74, 6) is 1.96. The molecule has 0 saturated heterocycles. The molecule has 0 unspecified atom stereocenters. The molecule has 3 rings (SSSR count). The van der Waals surface area contributed by atoms with E-state index in [9.17, 15) is 4.79 Å². The fourth-order valence-electron chi connectivity index (χ4n) is 2.01. The summed E-state index contributed by atoms with van der Waals surface area (Å²) in [6, 6.07) is 1.52. The number of aryl methyl sites for hydroxylation is 1. The molecule has 0 atom stereocenters. The van der Waals surface area contributed by atoms with Crippen molar-refractivity contribution in [2.45, 2.75) is 31.7 Å². The van der Waals surface area contributed by atoms with Crippen molar-refractivity contribution in [1.82, 2.24) is 19.5 Å². The van der Waals surface area contributed by atoms with Crippen molar-refractivity contribution in [3.05, 3.63) is 41.0 Å². The van der Waals surface area contributed by atoms with Gasteiger partial charge in [0.2, 0.25) is 0 Å². The first-order valence-electron chi connectivity index (χ1n) is 6.62. The molecule has 1 aliphatic rings. The lowest BCUT2D eigenvalue weighted by atomic mass is 10.3. The molecule has 0 aliphatic heterocycles. The summed E-state index contributed by atoms with van der Waals surface area (Å²) in [6.45, 7) is 1.70. The van der Waals surface area contributed by atoms with Crippen LogP contribution < -0.4 is 10.9 Å². The lowest BCUT2D eigenvalue weighted by Gasteiger charge is -2.07. The summed E-state index contributed by atoms with van der Waals surface area (Å²) in [5.41, 5.74) is -0.0750. The predicted octanol–water partition coefficient (Wildman–Crippen LogP) is 1.35. The van der Waals surface area contributed by atoms with Gasteiger partial charge in [0.05, 0.1) is 6.33 Å². The molecule has 2 heterocycles. The summed E-state index contributed by atoms with van der Waals surface area (Å²) < 4.78 is 2.03. The average Bonchev–Trinajstić information content (AvgIpc) is 3.12. The number of hydrogen-bond acceptors (Lipinski definition) is 4. The molecular formula is C13H17N5O. The van der Waals surface area contributed by atoms with Crippen LogP contribution in [0.4, 0.5) is 5.82 Å². The van der Waals surface area contributed by atoms with Crippen LogP contribution in [0.5, 0.6) is 0 Å². The van der Waals surface area contributed by atoms with E-state index in [-0.39, 0.29) is 5.56 Å². The lowest BCUT2D eigenvalue weighted by Crippen LogP contribution is -2.14. The largest absolute Gasteiger partial charge is 0.370 e. The van der Waals surface area contributed by atoms with E-state index < -0.39 is 0 Å². The van der Waals surface area contributed by atoms with Crippen LogP contribution in [0.15, 0.2) is 29.6 Å². The maximum atomic E-state index is 11.5. The van der Waals surface area contributed by atoms with Crippen LogP contribution in [-0.4, -0.2) is 26.1 Å². The summed E-state index contributed by atoms with van der Waals surface area (Å²) >= 11 is 0. The zero-order chi connectivity index (χ0) is 13.1. The highest BCUT2D eigenvalue weighted by Gasteiger charge is 2.26. The Bertz CT molecular complexity index is 585. The summed E-state index contributed by atoms with van der Waals surface area (Å²) in [7, 11) is 0. The maximum Gasteiger partial charge on any atom is 0.252 e. The van der Waals surface area contributed by atoms with Gasteiger partial charge < -0.3 is 14.9 Å². The van der Waals surface area contributed by atoms with Crippen molar-refractivity contribution in [2.24, 2.45) is 0 Å². The number of anilines is 1. The SMILES string of the molecule is O=c1cc(NCCCn2ccnc2)nc(C2CC2)[nH]1. The Morgan fingerprint density at radius 2 is 2.37 bits per heavy atom. The van der Waals surface area contributed by atoms with Crippen molar-refractivity contribution in [3.8, 4) is 0 Å². The summed E-state index contributed by atoms with van der Waals surface area (Å²) in [6.07, 6.45) is 8.74. The van der Waals surface area contributed by atoms with Gasteiger partial charge in [0.1, 0.15) is 11.6 Å². The molecule has 19 heavy (non-hydrogen) atoms. The molecule has 6 heteroatoms. The molecule has 1 aliphatic carbocycles. The topological polar surface area (TPSA) is 75.6 Å². The van der Waals surface area contributed by atoms with Crippen LogP contribution in [0.3, 0.4) is 0 Å². The van der Waals surface area contributed by atoms with Gasteiger partial charge in [-0.05, 0) is 19.3 Å². The van der Waals surface area contributed by atoms with Crippen molar-refractivity contribution in [2.75, 3.05) is 11.9 Å². The molecule has 100 valence electrons. The van der Waals surface area contributed by atoms with E-state index >= 15 is 0 Å². The van der Waals surface area contributed by atoms with Crippen LogP contribution in [-0.2, 0) is 6.54 Å². The molecule has 0 spiro atoms. The number of rotatable bonds is 6. The Balaban J connectivity index is 1.53. The Hall–Kier alpha value is -2.11. The highest BCUT2D eigenvalue weighted by atomic mass is 16.1. The first-order valence-corrected chi connectivity index (χ1v) is 6.62. The van der Waals surface area contributed by atoms with E-state index in [0.717, 1.165) is 38.2 Å². The van der Waals surface area contributed by atoms with E-state index in [4.69, 9.17) is 0 Å². The molecule has 1 fully saturated rings. The summed E-state index contributed by atoms with van der Waals surface area (Å²) in [4.78, 5) is 22.8. The van der Waals surface area contributed by atoms with E-state index in [2.05, 4.69) is 20.3 Å². The Labute approximate surface area is 110 Å². The standard InChI is InChI=1S/C13H17N5O/c19-12-8-11(16-13(17-12)10-2-3-10)15-4-1-6-18-7-5-14-9-18/h5,7-10H,1-4,6H2,(H2,15,16,17,19). The smallest absolute Gasteiger partial charge is 0.252 e. The zero-order valence-corrected chi connectivity index (χ0v) is 10.7. The molecule has 2 aromatic rings. The van der Waals surface area contributed by atoms with Gasteiger partial charge in [0.25, 0.3) is 5.56 Å². The zero-order valence-electron chi connectivity index (χ0n) is 10.7. The second-order valence-electron chi connectivity index (χ2n) is 4.87. The number of aromatic amines is 1. The van der Waals surface area contributed by atoms with Gasteiger partial charge >= 0.3 is 0 Å². The number of hydrogen-bond donors (Lipinski definition) is 2. The lowest BCUT2D eigenvalue weighted by molar-refractivity contribution is 0.659. The van der Waals surface area contributed by atoms with Crippen LogP contribution in [0.2, 0.25) is 0 Å². The van der Waals surface area contributed by atoms with Gasteiger partial charge in [-0.15, -0.1) is 0 Å². The Kier molecular flexibility index (Phi) is 3.31. The van der Waals surface area contributed by atoms with E-state index in [0.29, 0.717) is 11.7 Å². The van der Waals surface area contributed by atoms with Gasteiger partial charge in [-0.3, -0.25) is 4.79 Å². The molecule has 6 nitrogen and oxygen atoms in total. The Morgan fingerprint density at radius 1 is 1.47 bits per heavy atom. The van der Waals surface area contributed by atoms with E-state index in [1.54, 1.807) is 12.5 Å². The minimum absolute atomic E-state index is 0.0750. The van der Waals surface area contributed by atoms with E-state index in [1.165, 1.54) is 6.07 Å². The minimum atomic E-state index is -0.0750. The fourth-order valence-corrected chi connectivity index (χ4v) is 2.01. The van der Waals surface area contributed by atoms with Gasteiger partial charge in [0.15, 0.2) is 0 Å². The van der Waals surface area contributed by atoms with Crippen LogP contribution in [0, 0.1) is 0 Å². The monoisotopic (exact) mass is 259 g/mol. The number of nitrogens with zero attached hydrogens (tertiary/aromatic N) is 3. The van der Waals surface area contributed by atoms with Crippen molar-refractivity contribution < 1.29 is 0 Å². The molecule has 0 radical (unpaired) electrons. The number of imidazole rings is 1. The number of H-pyrrole nitrogens is 1. The number of nitrogens with one attached hydrogen (secondary N) is 2. The maximum absolute atomic E-state index is 11.5. The highest BCUT2D eigenvalue weighted by molar-refractivity contribution is 5.33. The first-order chi connectivity index (χ1) is 9.31. The molecule has 2 aromatic heterocycles. The minimum Gasteiger partial charge on any atom is -0.370 e. The Morgan fingerprint density at radius 3 is 3.11 bits per heavy atom. The molecule has 0 amide bonds. The third-order valence-electron chi connectivity index (χ3n) is 3.18. The molecule has 0 aromatic carbocycles. The molecule has 0 bridgehead atoms. The van der Waals surface area contributed by atoms with Gasteiger partial charge in [0, 0.05) is 37.5 Å². The molecular weight excluding hydrogens is 242 g/mol. The van der Waals surface area contributed by atoms with Gasteiger partial charge in [-0.1, -0.05) is 0 Å². The third kappa shape index (κ3) is 3.21. The molecule has 1 saturated carbocycles. The van der Waals surface area contributed by atoms with Crippen LogP contribution >= 0.6 is 0 Å². The second-order valence-corrected chi connectivity index (χ2v) is 4.87. The van der Waals surface area contributed by atoms with E-state index in [1.807, 2.05) is 10.8 Å². The summed E-state index contributed by atoms with van der Waals surface area (Å²) in [5, 5.41) is 3.21. The van der Waals surface area contributed by atoms with Gasteiger partial charge in [-0.25, -0.2) is 9.97 Å². The quantitative estimate of drug-likeness (QED) is 0.768. The molecule has 2 N–H and O–H groups in total. The average molecular weight is 259 g/mol. The fraction of sp³-hybridized carbons (Fsp3) is 0.462. The predicted molar refractivity (Wildman–Crippen MR) is 72.2 cm³/mol. The number of aromatic nitrogens is 4. The van der Waals surface area contributed by atoms with Crippen molar-refractivity contribution in [3.63, 3.8) is 0 Å². The third-order valence-corrected chi connectivity index (χ3v) is 3.18. The normalized spacial score (nSPS) is 14.5. The van der Waals surface area contributed by atoms with Crippen molar-refractivity contribution in [1.29, 1.82) is 0 Å². The van der Waals surface area contributed by atoms with Crippen molar-refractivity contribution >= 4 is 5.82 Å². The second kappa shape index (κ2) is 5.26. The van der Waals surface area contributed by atoms with Gasteiger partial charge in [-0.2, -0.15) is 0 Å². The van der Waals surface area contributed by atoms with Crippen LogP contribution in [0.1, 0.15) is 31.0 Å². The first kappa shape index (κ1) is 12.0.